The lowest BCUT2D eigenvalue weighted by molar-refractivity contribution is -0.170. The van der Waals surface area contributed by atoms with E-state index in [-0.39, 0.29) is 17.5 Å². The second-order valence-electron chi connectivity index (χ2n) is 10.3. The summed E-state index contributed by atoms with van der Waals surface area (Å²) in [5.74, 6) is -2.58. The summed E-state index contributed by atoms with van der Waals surface area (Å²) in [5.41, 5.74) is 1.05. The van der Waals surface area contributed by atoms with Gasteiger partial charge in [-0.25, -0.2) is 13.4 Å². The lowest BCUT2D eigenvalue weighted by Gasteiger charge is -2.47. The number of carboxylic acid groups (broad SMARTS) is 1. The summed E-state index contributed by atoms with van der Waals surface area (Å²) in [6.07, 6.45) is 4.84. The van der Waals surface area contributed by atoms with Crippen LogP contribution in [-0.2, 0) is 24.4 Å². The fourth-order valence-electron chi connectivity index (χ4n) is 5.52. The van der Waals surface area contributed by atoms with E-state index >= 15 is 0 Å². The lowest BCUT2D eigenvalue weighted by atomic mass is 10.0. The zero-order valence-electron chi connectivity index (χ0n) is 22.9. The highest BCUT2D eigenvalue weighted by Crippen LogP contribution is 2.28. The van der Waals surface area contributed by atoms with Crippen LogP contribution in [0.1, 0.15) is 12.8 Å². The topological polar surface area (TPSA) is 143 Å². The van der Waals surface area contributed by atoms with Gasteiger partial charge in [-0.1, -0.05) is 23.7 Å². The molecule has 42 heavy (non-hydrogen) atoms. The summed E-state index contributed by atoms with van der Waals surface area (Å²) in [4.78, 5) is 44.3. The summed E-state index contributed by atoms with van der Waals surface area (Å²) in [6, 6.07) is 12.2. The molecular formula is C28H31ClN6O6S. The van der Waals surface area contributed by atoms with Crippen molar-refractivity contribution in [3.05, 3.63) is 65.9 Å². The standard InChI is InChI=1S/C28H31ClN6O6S/c1-32(22-8-12-33(13-9-22)23-6-10-30-11-7-23)35-25(28(39)31-16-27(37)38)17-34(18-26(35)36)42(40,41)24-5-3-19-14-21(29)4-2-20(19)15-24/h2-7,10-11,14-15,22,25H,8-9,12-13,16-18H2,1H3,(H,31,39)(H,37,38). The number of hydrogen-bond acceptors (Lipinski definition) is 8. The number of nitrogens with zero attached hydrogens (tertiary/aromatic N) is 5. The van der Waals surface area contributed by atoms with Crippen molar-refractivity contribution < 1.29 is 27.9 Å². The molecule has 0 bridgehead atoms. The number of anilines is 1. The van der Waals surface area contributed by atoms with Gasteiger partial charge in [0, 0.05) is 55.8 Å². The Morgan fingerprint density at radius 3 is 2.43 bits per heavy atom. The largest absolute Gasteiger partial charge is 0.480 e. The Kier molecular flexibility index (Phi) is 8.64. The molecule has 0 radical (unpaired) electrons. The number of piperidine rings is 1. The van der Waals surface area contributed by atoms with E-state index < -0.39 is 46.9 Å². The third kappa shape index (κ3) is 6.19. The SMILES string of the molecule is CN(C1CCN(c2ccncc2)CC1)N1C(=O)CN(S(=O)(=O)c2ccc3cc(Cl)ccc3c2)CC1C(=O)NCC(=O)O. The Balaban J connectivity index is 1.37. The normalized spacial score (nSPS) is 18.9. The second kappa shape index (κ2) is 12.2. The highest BCUT2D eigenvalue weighted by atomic mass is 35.5. The number of carbonyl (C=O) groups excluding carboxylic acids is 2. The Labute approximate surface area is 248 Å². The van der Waals surface area contributed by atoms with Crippen LogP contribution >= 0.6 is 11.6 Å². The number of halogens is 1. The molecule has 1 unspecified atom stereocenters. The van der Waals surface area contributed by atoms with Crippen LogP contribution in [0.25, 0.3) is 10.8 Å². The first-order valence-electron chi connectivity index (χ1n) is 13.4. The number of benzene rings is 2. The predicted molar refractivity (Wildman–Crippen MR) is 156 cm³/mol. The van der Waals surface area contributed by atoms with Crippen molar-refractivity contribution in [1.29, 1.82) is 0 Å². The monoisotopic (exact) mass is 614 g/mol. The molecule has 5 rings (SSSR count). The number of amides is 2. The molecule has 1 atom stereocenters. The first-order chi connectivity index (χ1) is 20.0. The molecular weight excluding hydrogens is 584 g/mol. The molecule has 2 aliphatic heterocycles. The Hall–Kier alpha value is -3.78. The molecule has 2 amide bonds. The Morgan fingerprint density at radius 2 is 1.74 bits per heavy atom. The summed E-state index contributed by atoms with van der Waals surface area (Å²) >= 11 is 6.06. The van der Waals surface area contributed by atoms with Crippen LogP contribution in [0.3, 0.4) is 0 Å². The van der Waals surface area contributed by atoms with Crippen LogP contribution in [0.4, 0.5) is 5.69 Å². The predicted octanol–water partition coefficient (Wildman–Crippen LogP) is 1.81. The number of aromatic nitrogens is 1. The van der Waals surface area contributed by atoms with Gasteiger partial charge in [0.15, 0.2) is 0 Å². The Morgan fingerprint density at radius 1 is 1.07 bits per heavy atom. The molecule has 0 aliphatic carbocycles. The summed E-state index contributed by atoms with van der Waals surface area (Å²) in [6.45, 7) is -0.0388. The van der Waals surface area contributed by atoms with E-state index in [4.69, 9.17) is 16.7 Å². The highest BCUT2D eigenvalue weighted by Gasteiger charge is 2.45. The molecule has 2 fully saturated rings. The molecule has 1 aromatic heterocycles. The molecule has 2 aliphatic rings. The molecule has 2 aromatic carbocycles. The minimum Gasteiger partial charge on any atom is -0.480 e. The molecule has 3 heterocycles. The number of hydrogen-bond donors (Lipinski definition) is 2. The van der Waals surface area contributed by atoms with Crippen LogP contribution in [0.5, 0.6) is 0 Å². The van der Waals surface area contributed by atoms with Crippen LogP contribution in [-0.4, -0.2) is 102 Å². The average molecular weight is 615 g/mol. The number of piperazine rings is 1. The van der Waals surface area contributed by atoms with Crippen molar-refractivity contribution in [1.82, 2.24) is 24.6 Å². The van der Waals surface area contributed by atoms with Crippen molar-refractivity contribution in [2.24, 2.45) is 0 Å². The van der Waals surface area contributed by atoms with Gasteiger partial charge in [-0.3, -0.25) is 24.4 Å². The van der Waals surface area contributed by atoms with Gasteiger partial charge in [-0.15, -0.1) is 0 Å². The molecule has 2 saturated heterocycles. The smallest absolute Gasteiger partial charge is 0.322 e. The fourth-order valence-corrected chi connectivity index (χ4v) is 7.13. The third-order valence-corrected chi connectivity index (χ3v) is 9.77. The van der Waals surface area contributed by atoms with E-state index in [1.807, 2.05) is 12.1 Å². The second-order valence-corrected chi connectivity index (χ2v) is 12.7. The van der Waals surface area contributed by atoms with Gasteiger partial charge < -0.3 is 15.3 Å². The summed E-state index contributed by atoms with van der Waals surface area (Å²) in [5, 5.41) is 16.4. The van der Waals surface area contributed by atoms with E-state index in [0.717, 1.165) is 15.4 Å². The molecule has 0 spiro atoms. The molecule has 3 aromatic rings. The summed E-state index contributed by atoms with van der Waals surface area (Å²) < 4.78 is 28.4. The van der Waals surface area contributed by atoms with Gasteiger partial charge >= 0.3 is 5.97 Å². The minimum atomic E-state index is -4.18. The molecule has 2 N–H and O–H groups in total. The maximum absolute atomic E-state index is 13.7. The first-order valence-corrected chi connectivity index (χ1v) is 15.2. The van der Waals surface area contributed by atoms with Gasteiger partial charge in [-0.2, -0.15) is 4.31 Å². The van der Waals surface area contributed by atoms with E-state index in [1.165, 1.54) is 17.1 Å². The maximum atomic E-state index is 13.7. The van der Waals surface area contributed by atoms with Gasteiger partial charge in [0.05, 0.1) is 11.4 Å². The average Bonchev–Trinajstić information content (AvgIpc) is 2.99. The van der Waals surface area contributed by atoms with Crippen molar-refractivity contribution in [2.45, 2.75) is 29.8 Å². The van der Waals surface area contributed by atoms with Crippen LogP contribution in [0, 0.1) is 0 Å². The van der Waals surface area contributed by atoms with Crippen molar-refractivity contribution in [3.8, 4) is 0 Å². The number of carboxylic acids is 1. The van der Waals surface area contributed by atoms with Crippen molar-refractivity contribution in [3.63, 3.8) is 0 Å². The van der Waals surface area contributed by atoms with Crippen LogP contribution in [0.15, 0.2) is 65.8 Å². The zero-order chi connectivity index (χ0) is 30.0. The maximum Gasteiger partial charge on any atom is 0.322 e. The van der Waals surface area contributed by atoms with E-state index in [2.05, 4.69) is 15.2 Å². The number of pyridine rings is 1. The van der Waals surface area contributed by atoms with Crippen LogP contribution < -0.4 is 10.2 Å². The minimum absolute atomic E-state index is 0.0277. The van der Waals surface area contributed by atoms with Crippen LogP contribution in [0.2, 0.25) is 5.02 Å². The first kappa shape index (κ1) is 29.7. The number of nitrogens with one attached hydrogen (secondary N) is 1. The molecule has 14 heteroatoms. The molecule has 12 nitrogen and oxygen atoms in total. The Bertz CT molecular complexity index is 1600. The number of hydrazine groups is 1. The van der Waals surface area contributed by atoms with Gasteiger partial charge in [-0.05, 0) is 60.0 Å². The lowest BCUT2D eigenvalue weighted by Crippen LogP contribution is -2.68. The van der Waals surface area contributed by atoms with Crippen molar-refractivity contribution in [2.75, 3.05) is 44.7 Å². The van der Waals surface area contributed by atoms with Gasteiger partial charge in [0.2, 0.25) is 15.9 Å². The molecule has 0 saturated carbocycles. The van der Waals surface area contributed by atoms with Gasteiger partial charge in [0.1, 0.15) is 12.6 Å². The number of rotatable bonds is 8. The third-order valence-electron chi connectivity index (χ3n) is 7.73. The number of carbonyl (C=O) groups is 3. The molecule has 222 valence electrons. The number of aliphatic carboxylic acids is 1. The number of fused-ring (bicyclic) bond motifs is 1. The van der Waals surface area contributed by atoms with E-state index in [0.29, 0.717) is 36.3 Å². The van der Waals surface area contributed by atoms with E-state index in [1.54, 1.807) is 48.7 Å². The van der Waals surface area contributed by atoms with E-state index in [9.17, 15) is 22.8 Å². The highest BCUT2D eigenvalue weighted by molar-refractivity contribution is 7.89. The number of sulfonamides is 1. The van der Waals surface area contributed by atoms with Gasteiger partial charge in [0.25, 0.3) is 5.91 Å². The zero-order valence-corrected chi connectivity index (χ0v) is 24.5. The quantitative estimate of drug-likeness (QED) is 0.388. The fraction of sp³-hybridized carbons (Fsp3) is 0.357. The summed E-state index contributed by atoms with van der Waals surface area (Å²) in [7, 11) is -2.47. The van der Waals surface area contributed by atoms with Crippen molar-refractivity contribution >= 4 is 55.9 Å².